The first-order valence-corrected chi connectivity index (χ1v) is 16.0. The quantitative estimate of drug-likeness (QED) is 0.290. The number of benzene rings is 1. The number of nitrogens with two attached hydrogens (primary N) is 1. The fourth-order valence-corrected chi connectivity index (χ4v) is 7.33. The van der Waals surface area contributed by atoms with Crippen molar-refractivity contribution in [2.75, 3.05) is 75.1 Å². The molecule has 12 heteroatoms. The van der Waals surface area contributed by atoms with Crippen molar-refractivity contribution in [3.63, 3.8) is 0 Å². The molecule has 5 N–H and O–H groups in total. The number of rotatable bonds is 9. The summed E-state index contributed by atoms with van der Waals surface area (Å²) in [7, 11) is 2.22. The average molecular weight is 601 g/mol. The molecule has 4 fully saturated rings. The Bertz CT molecular complexity index is 1470. The number of likely N-dealkylation sites (N-methyl/N-ethyl adjacent to an activating group) is 1. The Morgan fingerprint density at radius 3 is 2.48 bits per heavy atom. The molecule has 0 bridgehead atoms. The van der Waals surface area contributed by atoms with Crippen molar-refractivity contribution in [3.8, 4) is 11.4 Å². The van der Waals surface area contributed by atoms with Crippen LogP contribution in [0.4, 0.5) is 23.0 Å². The number of nitrogens with zero attached hydrogens (tertiary/aromatic N) is 6. The molecule has 12 nitrogen and oxygen atoms in total. The number of aryl methyl sites for hydroxylation is 1. The van der Waals surface area contributed by atoms with Gasteiger partial charge in [0, 0.05) is 74.3 Å². The van der Waals surface area contributed by atoms with Crippen LogP contribution >= 0.6 is 0 Å². The summed E-state index contributed by atoms with van der Waals surface area (Å²) in [4.78, 5) is 29.9. The third kappa shape index (κ3) is 5.73. The van der Waals surface area contributed by atoms with E-state index in [1.54, 1.807) is 6.20 Å². The standard InChI is InChI=1S/C32H44N10O2/c1-3-21-16-22(4-5-26(21)42-10-7-24(8-11-42)41-14-12-40(2)13-15-41)35-31-28(29(33)43)37-27(25-6-9-34-39-25)30(38-31)36-23-17-32(18-23)19-44-20-32/h4-6,9,16,23-24H,3,7-8,10-15,17-20H2,1-2H3,(H2,33,43)(H,34,39)(H2,35,36,38). The lowest BCUT2D eigenvalue weighted by atomic mass is 9.64. The van der Waals surface area contributed by atoms with E-state index in [1.165, 1.54) is 37.2 Å². The van der Waals surface area contributed by atoms with Crippen LogP contribution in [-0.4, -0.2) is 107 Å². The van der Waals surface area contributed by atoms with Gasteiger partial charge in [0.15, 0.2) is 17.3 Å². The highest BCUT2D eigenvalue weighted by atomic mass is 16.5. The van der Waals surface area contributed by atoms with Crippen LogP contribution in [0.25, 0.3) is 11.4 Å². The van der Waals surface area contributed by atoms with Crippen molar-refractivity contribution in [2.45, 2.75) is 51.1 Å². The Hall–Kier alpha value is -3.74. The van der Waals surface area contributed by atoms with Crippen LogP contribution < -0.4 is 21.3 Å². The maximum absolute atomic E-state index is 12.6. The largest absolute Gasteiger partial charge is 0.380 e. The summed E-state index contributed by atoms with van der Waals surface area (Å²) in [6.45, 7) is 10.6. The summed E-state index contributed by atoms with van der Waals surface area (Å²) in [5, 5.41) is 14.0. The highest BCUT2D eigenvalue weighted by molar-refractivity contribution is 5.97. The lowest BCUT2D eigenvalue weighted by Crippen LogP contribution is -2.56. The molecule has 3 aliphatic heterocycles. The van der Waals surface area contributed by atoms with Gasteiger partial charge in [-0.2, -0.15) is 5.10 Å². The van der Waals surface area contributed by atoms with Crippen molar-refractivity contribution in [2.24, 2.45) is 11.1 Å². The van der Waals surface area contributed by atoms with Gasteiger partial charge in [0.05, 0.1) is 18.9 Å². The van der Waals surface area contributed by atoms with Crippen molar-refractivity contribution in [3.05, 3.63) is 41.7 Å². The lowest BCUT2D eigenvalue weighted by Gasteiger charge is -2.53. The van der Waals surface area contributed by atoms with Gasteiger partial charge in [-0.05, 0) is 69.0 Å². The fraction of sp³-hybridized carbons (Fsp3) is 0.562. The average Bonchev–Trinajstić information content (AvgIpc) is 3.53. The number of amides is 1. The van der Waals surface area contributed by atoms with E-state index in [9.17, 15) is 4.79 Å². The monoisotopic (exact) mass is 600 g/mol. The molecule has 1 aliphatic carbocycles. The molecule has 0 atom stereocenters. The number of aromatic amines is 1. The molecule has 1 aromatic carbocycles. The molecule has 0 radical (unpaired) electrons. The first-order valence-electron chi connectivity index (χ1n) is 16.0. The molecule has 44 heavy (non-hydrogen) atoms. The molecule has 2 aromatic heterocycles. The van der Waals surface area contributed by atoms with Crippen LogP contribution in [0.15, 0.2) is 30.5 Å². The van der Waals surface area contributed by atoms with E-state index in [2.05, 4.69) is 67.7 Å². The number of piperidine rings is 1. The molecule has 3 saturated heterocycles. The Morgan fingerprint density at radius 2 is 1.84 bits per heavy atom. The Balaban J connectivity index is 1.10. The number of anilines is 4. The maximum atomic E-state index is 12.6. The Labute approximate surface area is 258 Å². The predicted molar refractivity (Wildman–Crippen MR) is 171 cm³/mol. The molecule has 1 amide bonds. The molecule has 4 aliphatic rings. The van der Waals surface area contributed by atoms with Crippen molar-refractivity contribution in [1.82, 2.24) is 30.0 Å². The first kappa shape index (κ1) is 29.0. The molecule has 7 rings (SSSR count). The highest BCUT2D eigenvalue weighted by Crippen LogP contribution is 2.48. The molecule has 234 valence electrons. The zero-order chi connectivity index (χ0) is 30.3. The number of carbonyl (C=O) groups is 1. The zero-order valence-electron chi connectivity index (χ0n) is 25.8. The number of piperazine rings is 1. The normalized spacial score (nSPS) is 21.2. The second-order valence-corrected chi connectivity index (χ2v) is 13.1. The number of hydrogen-bond acceptors (Lipinski definition) is 10. The van der Waals surface area contributed by atoms with Gasteiger partial charge in [-0.25, -0.2) is 9.97 Å². The number of ether oxygens (including phenoxy) is 1. The van der Waals surface area contributed by atoms with Crippen LogP contribution in [0.3, 0.4) is 0 Å². The van der Waals surface area contributed by atoms with Crippen LogP contribution in [0.1, 0.15) is 48.7 Å². The van der Waals surface area contributed by atoms with E-state index >= 15 is 0 Å². The molecular weight excluding hydrogens is 556 g/mol. The van der Waals surface area contributed by atoms with E-state index in [0.29, 0.717) is 34.5 Å². The number of carbonyl (C=O) groups excluding carboxylic acids is 1. The molecule has 3 aromatic rings. The first-order chi connectivity index (χ1) is 21.4. The van der Waals surface area contributed by atoms with Gasteiger partial charge < -0.3 is 30.9 Å². The third-order valence-electron chi connectivity index (χ3n) is 9.98. The second-order valence-electron chi connectivity index (χ2n) is 13.1. The minimum Gasteiger partial charge on any atom is -0.380 e. The van der Waals surface area contributed by atoms with E-state index in [0.717, 1.165) is 64.3 Å². The summed E-state index contributed by atoms with van der Waals surface area (Å²) < 4.78 is 5.45. The molecular formula is C32H44N10O2. The Morgan fingerprint density at radius 1 is 1.07 bits per heavy atom. The van der Waals surface area contributed by atoms with Crippen LogP contribution in [0.5, 0.6) is 0 Å². The lowest BCUT2D eigenvalue weighted by molar-refractivity contribution is -0.159. The second kappa shape index (κ2) is 12.0. The van der Waals surface area contributed by atoms with E-state index in [4.69, 9.17) is 20.4 Å². The molecule has 5 heterocycles. The van der Waals surface area contributed by atoms with Gasteiger partial charge in [-0.15, -0.1) is 0 Å². The summed E-state index contributed by atoms with van der Waals surface area (Å²) in [5.74, 6) is 0.293. The fourth-order valence-electron chi connectivity index (χ4n) is 7.33. The van der Waals surface area contributed by atoms with Gasteiger partial charge in [0.25, 0.3) is 5.91 Å². The predicted octanol–water partition coefficient (Wildman–Crippen LogP) is 3.08. The van der Waals surface area contributed by atoms with Gasteiger partial charge in [0.2, 0.25) is 0 Å². The maximum Gasteiger partial charge on any atom is 0.271 e. The summed E-state index contributed by atoms with van der Waals surface area (Å²) >= 11 is 0. The Kier molecular flexibility index (Phi) is 7.90. The number of hydrogen-bond donors (Lipinski definition) is 4. The molecule has 0 unspecified atom stereocenters. The number of aromatic nitrogens is 4. The third-order valence-corrected chi connectivity index (χ3v) is 9.98. The molecule has 1 saturated carbocycles. The summed E-state index contributed by atoms with van der Waals surface area (Å²) in [6, 6.07) is 9.17. The van der Waals surface area contributed by atoms with E-state index in [-0.39, 0.29) is 11.7 Å². The van der Waals surface area contributed by atoms with Crippen molar-refractivity contribution in [1.29, 1.82) is 0 Å². The van der Waals surface area contributed by atoms with Crippen LogP contribution in [-0.2, 0) is 11.2 Å². The van der Waals surface area contributed by atoms with E-state index in [1.807, 2.05) is 6.07 Å². The highest BCUT2D eigenvalue weighted by Gasteiger charge is 2.50. The van der Waals surface area contributed by atoms with Gasteiger partial charge >= 0.3 is 0 Å². The van der Waals surface area contributed by atoms with Gasteiger partial charge in [-0.3, -0.25) is 14.8 Å². The summed E-state index contributed by atoms with van der Waals surface area (Å²) in [6.07, 6.45) is 6.98. The number of H-pyrrole nitrogens is 1. The van der Waals surface area contributed by atoms with Gasteiger partial charge in [0.1, 0.15) is 5.69 Å². The minimum atomic E-state index is -0.642. The van der Waals surface area contributed by atoms with E-state index < -0.39 is 5.91 Å². The van der Waals surface area contributed by atoms with Crippen molar-refractivity contribution >= 4 is 28.9 Å². The number of nitrogens with one attached hydrogen (secondary N) is 3. The zero-order valence-corrected chi connectivity index (χ0v) is 25.8. The topological polar surface area (TPSA) is 141 Å². The number of primary amides is 1. The van der Waals surface area contributed by atoms with Crippen LogP contribution in [0.2, 0.25) is 0 Å². The van der Waals surface area contributed by atoms with Gasteiger partial charge in [-0.1, -0.05) is 6.92 Å². The summed E-state index contributed by atoms with van der Waals surface area (Å²) in [5.41, 5.74) is 10.8. The van der Waals surface area contributed by atoms with Crippen LogP contribution in [0, 0.1) is 5.41 Å². The smallest absolute Gasteiger partial charge is 0.271 e. The SMILES string of the molecule is CCc1cc(Nc2nc(NC3CC4(COC4)C3)c(-c3ccn[nH]3)nc2C(N)=O)ccc1N1CCC(N2CCN(C)CC2)CC1. The molecule has 1 spiro atoms. The van der Waals surface area contributed by atoms with Crippen molar-refractivity contribution < 1.29 is 9.53 Å². The minimum absolute atomic E-state index is 0.0886.